The van der Waals surface area contributed by atoms with E-state index in [9.17, 15) is 13.2 Å². The monoisotopic (exact) mass is 254 g/mol. The van der Waals surface area contributed by atoms with Crippen molar-refractivity contribution in [2.75, 3.05) is 0 Å². The van der Waals surface area contributed by atoms with Crippen molar-refractivity contribution in [3.63, 3.8) is 0 Å². The molecule has 2 nitrogen and oxygen atoms in total. The molecule has 1 aliphatic carbocycles. The second kappa shape index (κ2) is 3.73. The number of fused-ring (bicyclic) bond motifs is 3. The molecule has 0 fully saturated rings. The number of aromatic nitrogens is 2. The fourth-order valence-electron chi connectivity index (χ4n) is 2.75. The number of aryl methyl sites for hydroxylation is 3. The predicted molar refractivity (Wildman–Crippen MR) is 62.5 cm³/mol. The summed E-state index contributed by atoms with van der Waals surface area (Å²) in [4.78, 5) is 7.26. The fourth-order valence-corrected chi connectivity index (χ4v) is 2.75. The van der Waals surface area contributed by atoms with E-state index in [4.69, 9.17) is 0 Å². The van der Waals surface area contributed by atoms with Crippen LogP contribution in [0, 0.1) is 6.92 Å². The van der Waals surface area contributed by atoms with Gasteiger partial charge in [-0.25, -0.2) is 4.98 Å². The Labute approximate surface area is 102 Å². The van der Waals surface area contributed by atoms with E-state index in [2.05, 4.69) is 9.97 Å². The number of hydrogen-bond donors (Lipinski definition) is 1. The third-order valence-corrected chi connectivity index (χ3v) is 3.49. The quantitative estimate of drug-likeness (QED) is 0.761. The number of nitrogens with one attached hydrogen (secondary N) is 1. The Kier molecular flexibility index (Phi) is 2.40. The van der Waals surface area contributed by atoms with Crippen molar-refractivity contribution in [1.82, 2.24) is 9.97 Å². The smallest absolute Gasteiger partial charge is 0.343 e. The van der Waals surface area contributed by atoms with E-state index in [1.807, 2.05) is 0 Å². The van der Waals surface area contributed by atoms with Crippen LogP contribution in [0.3, 0.4) is 0 Å². The molecule has 0 aliphatic heterocycles. The van der Waals surface area contributed by atoms with Crippen molar-refractivity contribution in [3.8, 4) is 0 Å². The summed E-state index contributed by atoms with van der Waals surface area (Å²) < 4.78 is 39.3. The summed E-state index contributed by atoms with van der Waals surface area (Å²) >= 11 is 0. The molecule has 18 heavy (non-hydrogen) atoms. The van der Waals surface area contributed by atoms with Crippen molar-refractivity contribution in [3.05, 3.63) is 28.6 Å². The summed E-state index contributed by atoms with van der Waals surface area (Å²) in [5.41, 5.74) is 1.97. The highest BCUT2D eigenvalue weighted by molar-refractivity contribution is 5.86. The normalized spacial score (nSPS) is 16.0. The minimum absolute atomic E-state index is 0.280. The molecule has 0 atom stereocenters. The maximum Gasteiger partial charge on any atom is 0.417 e. The van der Waals surface area contributed by atoms with E-state index < -0.39 is 11.7 Å². The predicted octanol–water partition coefficient (Wildman–Crippen LogP) is 3.77. The molecule has 0 amide bonds. The molecule has 5 heteroatoms. The Hall–Kier alpha value is -1.52. The molecule has 2 heterocycles. The Morgan fingerprint density at radius 2 is 1.94 bits per heavy atom. The Morgan fingerprint density at radius 1 is 1.22 bits per heavy atom. The van der Waals surface area contributed by atoms with Crippen molar-refractivity contribution in [1.29, 1.82) is 0 Å². The van der Waals surface area contributed by atoms with Gasteiger partial charge in [0.15, 0.2) is 0 Å². The van der Waals surface area contributed by atoms with Gasteiger partial charge in [-0.3, -0.25) is 0 Å². The molecule has 0 saturated heterocycles. The average Bonchev–Trinajstić information content (AvgIpc) is 2.64. The lowest BCUT2D eigenvalue weighted by Crippen LogP contribution is -2.08. The molecule has 96 valence electrons. The third-order valence-electron chi connectivity index (χ3n) is 3.49. The zero-order valence-electron chi connectivity index (χ0n) is 9.99. The van der Waals surface area contributed by atoms with Crippen LogP contribution in [0.4, 0.5) is 13.2 Å². The number of aromatic amines is 1. The van der Waals surface area contributed by atoms with Gasteiger partial charge in [0.05, 0.1) is 5.56 Å². The van der Waals surface area contributed by atoms with Gasteiger partial charge < -0.3 is 4.98 Å². The zero-order valence-corrected chi connectivity index (χ0v) is 9.99. The van der Waals surface area contributed by atoms with Crippen LogP contribution in [0.2, 0.25) is 0 Å². The van der Waals surface area contributed by atoms with Gasteiger partial charge in [0.2, 0.25) is 0 Å². The summed E-state index contributed by atoms with van der Waals surface area (Å²) in [5, 5.41) is 0.280. The second-order valence-electron chi connectivity index (χ2n) is 4.82. The molecule has 0 saturated carbocycles. The van der Waals surface area contributed by atoms with E-state index in [0.717, 1.165) is 36.6 Å². The van der Waals surface area contributed by atoms with Gasteiger partial charge in [0.25, 0.3) is 0 Å². The van der Waals surface area contributed by atoms with E-state index in [0.29, 0.717) is 17.8 Å². The molecule has 3 rings (SSSR count). The number of H-pyrrole nitrogens is 1. The highest BCUT2D eigenvalue weighted by Crippen LogP contribution is 2.39. The molecule has 0 spiro atoms. The van der Waals surface area contributed by atoms with Crippen LogP contribution < -0.4 is 0 Å². The Bertz CT molecular complexity index is 611. The minimum Gasteiger partial charge on any atom is -0.343 e. The molecule has 0 radical (unpaired) electrons. The van der Waals surface area contributed by atoms with Gasteiger partial charge in [-0.2, -0.15) is 13.2 Å². The van der Waals surface area contributed by atoms with E-state index in [1.54, 1.807) is 6.92 Å². The van der Waals surface area contributed by atoms with E-state index >= 15 is 0 Å². The number of pyridine rings is 1. The molecule has 1 aliphatic rings. The van der Waals surface area contributed by atoms with Crippen LogP contribution in [0.5, 0.6) is 0 Å². The first-order valence-corrected chi connectivity index (χ1v) is 6.05. The van der Waals surface area contributed by atoms with Crippen molar-refractivity contribution in [2.24, 2.45) is 0 Å². The maximum absolute atomic E-state index is 13.1. The van der Waals surface area contributed by atoms with Crippen LogP contribution in [-0.4, -0.2) is 9.97 Å². The summed E-state index contributed by atoms with van der Waals surface area (Å²) in [5.74, 6) is 0. The molecule has 1 N–H and O–H groups in total. The summed E-state index contributed by atoms with van der Waals surface area (Å²) in [6.45, 7) is 1.59. The lowest BCUT2D eigenvalue weighted by Gasteiger charge is -2.13. The van der Waals surface area contributed by atoms with Crippen LogP contribution in [0.25, 0.3) is 11.0 Å². The van der Waals surface area contributed by atoms with E-state index in [-0.39, 0.29) is 5.39 Å². The standard InChI is InChI=1S/C13H13F3N2/c1-7-6-9(13(14,15)16)11-8-4-2-3-5-10(8)18-12(11)17-7/h6H,2-5H2,1H3,(H,17,18). The van der Waals surface area contributed by atoms with Crippen molar-refractivity contribution >= 4 is 11.0 Å². The van der Waals surface area contributed by atoms with Gasteiger partial charge in [0.1, 0.15) is 5.65 Å². The molecule has 0 unspecified atom stereocenters. The van der Waals surface area contributed by atoms with Gasteiger partial charge in [-0.05, 0) is 44.2 Å². The lowest BCUT2D eigenvalue weighted by molar-refractivity contribution is -0.136. The zero-order chi connectivity index (χ0) is 12.9. The van der Waals surface area contributed by atoms with Gasteiger partial charge in [0, 0.05) is 16.8 Å². The third kappa shape index (κ3) is 1.69. The first-order chi connectivity index (χ1) is 8.47. The van der Waals surface area contributed by atoms with Crippen molar-refractivity contribution in [2.45, 2.75) is 38.8 Å². The van der Waals surface area contributed by atoms with Gasteiger partial charge in [-0.1, -0.05) is 0 Å². The number of hydrogen-bond acceptors (Lipinski definition) is 1. The lowest BCUT2D eigenvalue weighted by atomic mass is 9.94. The molecule has 2 aromatic rings. The summed E-state index contributed by atoms with van der Waals surface area (Å²) in [6.07, 6.45) is -0.810. The van der Waals surface area contributed by atoms with E-state index in [1.165, 1.54) is 0 Å². The SMILES string of the molecule is Cc1cc(C(F)(F)F)c2c3c([nH]c2n1)CCCC3. The maximum atomic E-state index is 13.1. The summed E-state index contributed by atoms with van der Waals surface area (Å²) in [6, 6.07) is 1.14. The van der Waals surface area contributed by atoms with Crippen LogP contribution in [0.15, 0.2) is 6.07 Å². The summed E-state index contributed by atoms with van der Waals surface area (Å²) in [7, 11) is 0. The molecular formula is C13H13F3N2. The van der Waals surface area contributed by atoms with Crippen LogP contribution in [-0.2, 0) is 19.0 Å². The number of nitrogens with zero attached hydrogens (tertiary/aromatic N) is 1. The fraction of sp³-hybridized carbons (Fsp3) is 0.462. The second-order valence-corrected chi connectivity index (χ2v) is 4.82. The molecule has 0 aromatic carbocycles. The van der Waals surface area contributed by atoms with Crippen LogP contribution >= 0.6 is 0 Å². The Morgan fingerprint density at radius 3 is 2.67 bits per heavy atom. The van der Waals surface area contributed by atoms with Crippen LogP contribution in [0.1, 0.15) is 35.4 Å². The number of halogens is 3. The molecule has 0 bridgehead atoms. The van der Waals surface area contributed by atoms with Gasteiger partial charge >= 0.3 is 6.18 Å². The Balaban J connectivity index is 2.37. The minimum atomic E-state index is -4.32. The number of rotatable bonds is 0. The van der Waals surface area contributed by atoms with Gasteiger partial charge in [-0.15, -0.1) is 0 Å². The highest BCUT2D eigenvalue weighted by Gasteiger charge is 2.35. The molecular weight excluding hydrogens is 241 g/mol. The highest BCUT2D eigenvalue weighted by atomic mass is 19.4. The number of alkyl halides is 3. The first kappa shape index (κ1) is 11.6. The topological polar surface area (TPSA) is 28.7 Å². The van der Waals surface area contributed by atoms with Crippen molar-refractivity contribution < 1.29 is 13.2 Å². The first-order valence-electron chi connectivity index (χ1n) is 6.05. The largest absolute Gasteiger partial charge is 0.417 e. The average molecular weight is 254 g/mol. The molecule has 2 aromatic heterocycles.